The summed E-state index contributed by atoms with van der Waals surface area (Å²) in [6, 6.07) is 8.98. The topological polar surface area (TPSA) is 133 Å². The highest BCUT2D eigenvalue weighted by Gasteiger charge is 2.42. The van der Waals surface area contributed by atoms with Crippen LogP contribution in [0.25, 0.3) is 11.7 Å². The van der Waals surface area contributed by atoms with Crippen LogP contribution >= 0.6 is 15.9 Å². The number of furan rings is 1. The lowest BCUT2D eigenvalue weighted by Gasteiger charge is -2.13. The minimum Gasteiger partial charge on any atom is -0.454 e. The number of halogens is 1. The first-order valence-corrected chi connectivity index (χ1v) is 9.99. The molecule has 0 bridgehead atoms. The van der Waals surface area contributed by atoms with Gasteiger partial charge in [-0.25, -0.2) is 12.7 Å². The third-order valence-corrected chi connectivity index (χ3v) is 6.01. The molecule has 3 aromatic rings. The van der Waals surface area contributed by atoms with Crippen LogP contribution in [0.3, 0.4) is 0 Å². The standard InChI is InChI=1S/C16H10BrN3O7S/c17-12-6-5-10(26-12)15-19-18-13(27-15)8-25-14(21)7-20-16(22)9-3-1-2-4-11(9)28(20,23)24/h1-6H,7-8H2. The number of carbonyl (C=O) groups is 2. The van der Waals surface area contributed by atoms with Crippen molar-refractivity contribution in [2.45, 2.75) is 11.5 Å². The molecule has 3 heterocycles. The molecule has 0 atom stereocenters. The van der Waals surface area contributed by atoms with E-state index in [0.717, 1.165) is 0 Å². The number of amides is 1. The van der Waals surface area contributed by atoms with E-state index in [1.807, 2.05) is 0 Å². The molecular weight excluding hydrogens is 458 g/mol. The number of aromatic nitrogens is 2. The minimum absolute atomic E-state index is 0.0152. The molecule has 4 rings (SSSR count). The lowest BCUT2D eigenvalue weighted by molar-refractivity contribution is -0.145. The third kappa shape index (κ3) is 3.20. The Labute approximate surface area is 166 Å². The Morgan fingerprint density at radius 2 is 1.93 bits per heavy atom. The number of benzene rings is 1. The zero-order valence-corrected chi connectivity index (χ0v) is 16.3. The summed E-state index contributed by atoms with van der Waals surface area (Å²) in [5, 5.41) is 7.47. The van der Waals surface area contributed by atoms with E-state index in [2.05, 4.69) is 26.1 Å². The smallest absolute Gasteiger partial charge is 0.327 e. The SMILES string of the molecule is O=C(CN1C(=O)c2ccccc2S1(=O)=O)OCc1nnc(-c2ccc(Br)o2)o1. The molecule has 12 heteroatoms. The van der Waals surface area contributed by atoms with E-state index in [1.54, 1.807) is 18.2 Å². The van der Waals surface area contributed by atoms with Crippen molar-refractivity contribution in [3.05, 3.63) is 52.5 Å². The average Bonchev–Trinajstić information content (AvgIpc) is 3.36. The summed E-state index contributed by atoms with van der Waals surface area (Å²) in [7, 11) is -4.09. The number of rotatable bonds is 5. The van der Waals surface area contributed by atoms with Crippen LogP contribution in [-0.2, 0) is 26.2 Å². The quantitative estimate of drug-likeness (QED) is 0.516. The first kappa shape index (κ1) is 18.4. The number of sulfonamides is 1. The Morgan fingerprint density at radius 1 is 1.14 bits per heavy atom. The Hall–Kier alpha value is -2.99. The number of esters is 1. The molecule has 0 aliphatic carbocycles. The molecule has 144 valence electrons. The number of hydrogen-bond donors (Lipinski definition) is 0. The predicted molar refractivity (Wildman–Crippen MR) is 94.2 cm³/mol. The van der Waals surface area contributed by atoms with Gasteiger partial charge >= 0.3 is 5.97 Å². The zero-order chi connectivity index (χ0) is 19.9. The summed E-state index contributed by atoms with van der Waals surface area (Å²) in [5.41, 5.74) is 0.0152. The molecule has 1 aliphatic heterocycles. The number of nitrogens with zero attached hydrogens (tertiary/aromatic N) is 3. The molecule has 0 fully saturated rings. The number of fused-ring (bicyclic) bond motifs is 1. The van der Waals surface area contributed by atoms with Gasteiger partial charge in [0.25, 0.3) is 27.7 Å². The summed E-state index contributed by atoms with van der Waals surface area (Å²) in [4.78, 5) is 24.2. The highest BCUT2D eigenvalue weighted by Crippen LogP contribution is 2.29. The van der Waals surface area contributed by atoms with E-state index in [1.165, 1.54) is 18.2 Å². The number of ether oxygens (including phenoxy) is 1. The molecular formula is C16H10BrN3O7S. The summed E-state index contributed by atoms with van der Waals surface area (Å²) in [6.07, 6.45) is 0. The van der Waals surface area contributed by atoms with Gasteiger partial charge in [0.05, 0.1) is 5.56 Å². The maximum atomic E-state index is 12.4. The molecule has 1 aromatic carbocycles. The summed E-state index contributed by atoms with van der Waals surface area (Å²) < 4.78 is 41.3. The molecule has 0 spiro atoms. The van der Waals surface area contributed by atoms with Crippen LogP contribution in [0.15, 0.2) is 54.8 Å². The molecule has 0 radical (unpaired) electrons. The molecule has 1 amide bonds. The van der Waals surface area contributed by atoms with E-state index in [-0.39, 0.29) is 28.8 Å². The second-order valence-electron chi connectivity index (χ2n) is 5.58. The van der Waals surface area contributed by atoms with E-state index < -0.39 is 28.4 Å². The van der Waals surface area contributed by atoms with Crippen molar-refractivity contribution < 1.29 is 31.6 Å². The second-order valence-corrected chi connectivity index (χ2v) is 8.19. The first-order chi connectivity index (χ1) is 13.4. The van der Waals surface area contributed by atoms with Gasteiger partial charge in [-0.2, -0.15) is 0 Å². The molecule has 0 unspecified atom stereocenters. The molecule has 1 aliphatic rings. The molecule has 2 aromatic heterocycles. The van der Waals surface area contributed by atoms with Gasteiger partial charge in [-0.05, 0) is 40.2 Å². The summed E-state index contributed by atoms with van der Waals surface area (Å²) in [5.74, 6) is -1.33. The fourth-order valence-electron chi connectivity index (χ4n) is 2.53. The maximum Gasteiger partial charge on any atom is 0.327 e. The highest BCUT2D eigenvalue weighted by atomic mass is 79.9. The van der Waals surface area contributed by atoms with Crippen LogP contribution in [0.1, 0.15) is 16.2 Å². The van der Waals surface area contributed by atoms with Crippen LogP contribution in [0.4, 0.5) is 0 Å². The Balaban J connectivity index is 1.41. The van der Waals surface area contributed by atoms with E-state index in [4.69, 9.17) is 13.6 Å². The lowest BCUT2D eigenvalue weighted by Crippen LogP contribution is -2.35. The lowest BCUT2D eigenvalue weighted by atomic mass is 10.2. The summed E-state index contributed by atoms with van der Waals surface area (Å²) >= 11 is 3.15. The van der Waals surface area contributed by atoms with Crippen molar-refractivity contribution in [1.29, 1.82) is 0 Å². The number of carbonyl (C=O) groups excluding carboxylic acids is 2. The zero-order valence-electron chi connectivity index (χ0n) is 13.9. The normalized spacial score (nSPS) is 14.9. The van der Waals surface area contributed by atoms with Crippen molar-refractivity contribution in [1.82, 2.24) is 14.5 Å². The molecule has 0 saturated heterocycles. The van der Waals surface area contributed by atoms with Gasteiger partial charge in [0.2, 0.25) is 0 Å². The van der Waals surface area contributed by atoms with Gasteiger partial charge in [-0.3, -0.25) is 9.59 Å². The van der Waals surface area contributed by atoms with Crippen LogP contribution in [0.2, 0.25) is 0 Å². The Morgan fingerprint density at radius 3 is 2.64 bits per heavy atom. The second kappa shape index (κ2) is 6.87. The van der Waals surface area contributed by atoms with Gasteiger partial charge in [-0.1, -0.05) is 12.1 Å². The van der Waals surface area contributed by atoms with Crippen LogP contribution in [-0.4, -0.2) is 41.3 Å². The van der Waals surface area contributed by atoms with E-state index in [0.29, 0.717) is 14.7 Å². The molecule has 28 heavy (non-hydrogen) atoms. The van der Waals surface area contributed by atoms with Crippen molar-refractivity contribution in [3.8, 4) is 11.7 Å². The predicted octanol–water partition coefficient (Wildman–Crippen LogP) is 1.98. The van der Waals surface area contributed by atoms with Gasteiger partial charge in [0, 0.05) is 0 Å². The van der Waals surface area contributed by atoms with Crippen LogP contribution < -0.4 is 0 Å². The number of hydrogen-bond acceptors (Lipinski definition) is 9. The first-order valence-electron chi connectivity index (χ1n) is 7.76. The van der Waals surface area contributed by atoms with Crippen LogP contribution in [0.5, 0.6) is 0 Å². The van der Waals surface area contributed by atoms with Crippen molar-refractivity contribution in [2.75, 3.05) is 6.54 Å². The molecule has 0 N–H and O–H groups in total. The maximum absolute atomic E-state index is 12.4. The average molecular weight is 468 g/mol. The van der Waals surface area contributed by atoms with Crippen molar-refractivity contribution in [3.63, 3.8) is 0 Å². The molecule has 10 nitrogen and oxygen atoms in total. The Kier molecular flexibility index (Phi) is 4.51. The highest BCUT2D eigenvalue weighted by molar-refractivity contribution is 9.10. The fraction of sp³-hybridized carbons (Fsp3) is 0.125. The van der Waals surface area contributed by atoms with Gasteiger partial charge in [0.1, 0.15) is 11.4 Å². The van der Waals surface area contributed by atoms with Gasteiger partial charge in [0.15, 0.2) is 17.0 Å². The van der Waals surface area contributed by atoms with Gasteiger partial charge < -0.3 is 13.6 Å². The Bertz CT molecular complexity index is 1180. The van der Waals surface area contributed by atoms with E-state index >= 15 is 0 Å². The molecule has 0 saturated carbocycles. The van der Waals surface area contributed by atoms with Gasteiger partial charge in [-0.15, -0.1) is 10.2 Å². The largest absolute Gasteiger partial charge is 0.454 e. The van der Waals surface area contributed by atoms with Crippen molar-refractivity contribution in [2.24, 2.45) is 0 Å². The fourth-order valence-corrected chi connectivity index (χ4v) is 4.35. The third-order valence-electron chi connectivity index (χ3n) is 3.79. The summed E-state index contributed by atoms with van der Waals surface area (Å²) in [6.45, 7) is -1.15. The van der Waals surface area contributed by atoms with Crippen LogP contribution in [0, 0.1) is 0 Å². The van der Waals surface area contributed by atoms with Crippen molar-refractivity contribution >= 4 is 37.8 Å². The van der Waals surface area contributed by atoms with E-state index in [9.17, 15) is 18.0 Å². The monoisotopic (exact) mass is 467 g/mol. The minimum atomic E-state index is -4.09.